The molecule has 166 valence electrons. The number of carbonyl (C=O) groups excluding carboxylic acids is 3. The molecule has 3 aromatic rings. The second-order valence-electron chi connectivity index (χ2n) is 7.73. The van der Waals surface area contributed by atoms with Crippen molar-refractivity contribution in [1.29, 1.82) is 0 Å². The molecule has 2 unspecified atom stereocenters. The van der Waals surface area contributed by atoms with Crippen LogP contribution in [-0.4, -0.2) is 33.6 Å². The second-order valence-corrected chi connectivity index (χ2v) is 7.73. The maximum absolute atomic E-state index is 13.6. The Labute approximate surface area is 190 Å². The maximum Gasteiger partial charge on any atom is 0.269 e. The first-order valence-corrected chi connectivity index (χ1v) is 10.4. The monoisotopic (exact) mass is 443 g/mol. The molecule has 1 aliphatic rings. The van der Waals surface area contributed by atoms with Crippen LogP contribution in [0.5, 0.6) is 0 Å². The van der Waals surface area contributed by atoms with Crippen molar-refractivity contribution < 1.29 is 19.3 Å². The van der Waals surface area contributed by atoms with Crippen molar-refractivity contribution >= 4 is 29.1 Å². The number of nitrogens with zero attached hydrogens (tertiary/aromatic N) is 3. The normalized spacial score (nSPS) is 16.5. The molecule has 3 aromatic carbocycles. The largest absolute Gasteiger partial charge is 0.319 e. The van der Waals surface area contributed by atoms with Crippen LogP contribution in [-0.2, 0) is 9.59 Å². The highest BCUT2D eigenvalue weighted by molar-refractivity contribution is 6.23. The summed E-state index contributed by atoms with van der Waals surface area (Å²) in [5.41, 5.74) is 1.30. The number of hydrogen-bond donors (Lipinski definition) is 0. The Morgan fingerprint density at radius 1 is 0.970 bits per heavy atom. The molecule has 0 saturated carbocycles. The number of anilines is 1. The summed E-state index contributed by atoms with van der Waals surface area (Å²) in [6.07, 6.45) is -0.149. The lowest BCUT2D eigenvalue weighted by atomic mass is 10.0. The van der Waals surface area contributed by atoms with Gasteiger partial charge in [-0.15, -0.1) is 0 Å². The first-order valence-electron chi connectivity index (χ1n) is 10.4. The lowest BCUT2D eigenvalue weighted by Gasteiger charge is -2.33. The second kappa shape index (κ2) is 9.04. The summed E-state index contributed by atoms with van der Waals surface area (Å²) < 4.78 is 0. The van der Waals surface area contributed by atoms with Crippen LogP contribution in [0, 0.1) is 10.1 Å². The zero-order valence-electron chi connectivity index (χ0n) is 17.8. The molecule has 1 heterocycles. The number of para-hydroxylation sites is 1. The zero-order valence-corrected chi connectivity index (χ0v) is 17.8. The van der Waals surface area contributed by atoms with E-state index >= 15 is 0 Å². The van der Waals surface area contributed by atoms with Crippen molar-refractivity contribution in [2.24, 2.45) is 0 Å². The summed E-state index contributed by atoms with van der Waals surface area (Å²) >= 11 is 0. The van der Waals surface area contributed by atoms with Gasteiger partial charge in [-0.2, -0.15) is 0 Å². The van der Waals surface area contributed by atoms with Crippen molar-refractivity contribution in [1.82, 2.24) is 4.90 Å². The van der Waals surface area contributed by atoms with Crippen molar-refractivity contribution in [3.05, 3.63) is 106 Å². The Hall–Kier alpha value is -4.33. The molecule has 2 atom stereocenters. The summed E-state index contributed by atoms with van der Waals surface area (Å²) in [4.78, 5) is 52.8. The van der Waals surface area contributed by atoms with Gasteiger partial charge >= 0.3 is 0 Å². The number of benzene rings is 3. The minimum Gasteiger partial charge on any atom is -0.319 e. The molecule has 8 nitrogen and oxygen atoms in total. The van der Waals surface area contributed by atoms with Crippen LogP contribution in [0.15, 0.2) is 84.9 Å². The van der Waals surface area contributed by atoms with Gasteiger partial charge in [0.1, 0.15) is 6.04 Å². The molecule has 3 amide bonds. The van der Waals surface area contributed by atoms with Crippen LogP contribution in [0.3, 0.4) is 0 Å². The van der Waals surface area contributed by atoms with E-state index in [0.29, 0.717) is 5.69 Å². The number of hydrogen-bond acceptors (Lipinski definition) is 5. The van der Waals surface area contributed by atoms with Crippen LogP contribution >= 0.6 is 0 Å². The van der Waals surface area contributed by atoms with Gasteiger partial charge in [0.25, 0.3) is 17.5 Å². The van der Waals surface area contributed by atoms with E-state index < -0.39 is 34.7 Å². The van der Waals surface area contributed by atoms with E-state index in [2.05, 4.69) is 0 Å². The van der Waals surface area contributed by atoms with Gasteiger partial charge in [0, 0.05) is 17.7 Å². The highest BCUT2D eigenvalue weighted by Crippen LogP contribution is 2.32. The summed E-state index contributed by atoms with van der Waals surface area (Å²) in [6, 6.07) is 21.5. The van der Waals surface area contributed by atoms with Gasteiger partial charge in [-0.3, -0.25) is 24.5 Å². The molecule has 0 N–H and O–H groups in total. The van der Waals surface area contributed by atoms with E-state index in [1.807, 2.05) is 30.3 Å². The minimum atomic E-state index is -1.00. The molecule has 1 saturated heterocycles. The molecule has 0 spiro atoms. The third kappa shape index (κ3) is 4.23. The van der Waals surface area contributed by atoms with Gasteiger partial charge in [0.2, 0.25) is 5.91 Å². The summed E-state index contributed by atoms with van der Waals surface area (Å²) in [5.74, 6) is -1.36. The minimum absolute atomic E-state index is 0.142. The lowest BCUT2D eigenvalue weighted by molar-refractivity contribution is -0.384. The van der Waals surface area contributed by atoms with Crippen molar-refractivity contribution in [3.63, 3.8) is 0 Å². The van der Waals surface area contributed by atoms with Gasteiger partial charge < -0.3 is 4.90 Å². The third-order valence-electron chi connectivity index (χ3n) is 5.73. The molecule has 0 bridgehead atoms. The molecule has 0 radical (unpaired) electrons. The van der Waals surface area contributed by atoms with E-state index in [0.717, 1.165) is 10.5 Å². The molecule has 33 heavy (non-hydrogen) atoms. The summed E-state index contributed by atoms with van der Waals surface area (Å²) in [7, 11) is 0. The Morgan fingerprint density at radius 3 is 2.12 bits per heavy atom. The fourth-order valence-electron chi connectivity index (χ4n) is 4.04. The number of non-ortho nitro benzene ring substituents is 1. The van der Waals surface area contributed by atoms with Crippen LogP contribution in [0.4, 0.5) is 11.4 Å². The fraction of sp³-hybridized carbons (Fsp3) is 0.160. The molecule has 4 rings (SSSR count). The smallest absolute Gasteiger partial charge is 0.269 e. The third-order valence-corrected chi connectivity index (χ3v) is 5.73. The fourth-order valence-corrected chi connectivity index (χ4v) is 4.04. The number of nitro benzene ring substituents is 1. The van der Waals surface area contributed by atoms with Crippen molar-refractivity contribution in [2.45, 2.75) is 25.4 Å². The maximum atomic E-state index is 13.6. The topological polar surface area (TPSA) is 101 Å². The van der Waals surface area contributed by atoms with Crippen LogP contribution in [0.2, 0.25) is 0 Å². The molecule has 1 fully saturated rings. The van der Waals surface area contributed by atoms with Gasteiger partial charge in [-0.05, 0) is 36.8 Å². The van der Waals surface area contributed by atoms with Crippen LogP contribution < -0.4 is 4.90 Å². The number of rotatable bonds is 6. The van der Waals surface area contributed by atoms with Crippen LogP contribution in [0.25, 0.3) is 0 Å². The van der Waals surface area contributed by atoms with Gasteiger partial charge in [-0.25, -0.2) is 4.90 Å². The average Bonchev–Trinajstić information content (AvgIpc) is 3.13. The Balaban J connectivity index is 1.73. The first kappa shape index (κ1) is 21.9. The predicted octanol–water partition coefficient (Wildman–Crippen LogP) is 4.13. The first-order chi connectivity index (χ1) is 15.9. The number of carbonyl (C=O) groups is 3. The standard InChI is InChI=1S/C25H21N3O5/c1-17(18-8-4-2-5-9-18)26(24(30)19-12-14-21(15-13-19)28(32)33)22-16-23(29)27(25(22)31)20-10-6-3-7-11-20/h2-15,17,22H,16H2,1H3. The Kier molecular flexibility index (Phi) is 5.99. The molecule has 0 aliphatic carbocycles. The van der Waals surface area contributed by atoms with E-state index in [-0.39, 0.29) is 17.7 Å². The molecular formula is C25H21N3O5. The van der Waals surface area contributed by atoms with E-state index in [1.54, 1.807) is 37.3 Å². The highest BCUT2D eigenvalue weighted by Gasteiger charge is 2.46. The van der Waals surface area contributed by atoms with E-state index in [9.17, 15) is 24.5 Å². The van der Waals surface area contributed by atoms with Gasteiger partial charge in [-0.1, -0.05) is 48.5 Å². The van der Waals surface area contributed by atoms with E-state index in [4.69, 9.17) is 0 Å². The molecular weight excluding hydrogens is 422 g/mol. The zero-order chi connectivity index (χ0) is 23.5. The Bertz CT molecular complexity index is 1200. The van der Waals surface area contributed by atoms with E-state index in [1.165, 1.54) is 29.2 Å². The molecule has 8 heteroatoms. The SMILES string of the molecule is CC(c1ccccc1)N(C(=O)c1ccc([N+](=O)[O-])cc1)C1CC(=O)N(c2ccccc2)C1=O. The summed E-state index contributed by atoms with van der Waals surface area (Å²) in [5, 5.41) is 11.0. The van der Waals surface area contributed by atoms with Gasteiger partial charge in [0.05, 0.1) is 23.1 Å². The molecule has 0 aromatic heterocycles. The van der Waals surface area contributed by atoms with Crippen molar-refractivity contribution in [2.75, 3.05) is 4.90 Å². The Morgan fingerprint density at radius 2 is 1.55 bits per heavy atom. The predicted molar refractivity (Wildman–Crippen MR) is 121 cm³/mol. The quantitative estimate of drug-likeness (QED) is 0.324. The highest BCUT2D eigenvalue weighted by atomic mass is 16.6. The van der Waals surface area contributed by atoms with Crippen molar-refractivity contribution in [3.8, 4) is 0 Å². The number of nitro groups is 1. The number of imide groups is 1. The summed E-state index contributed by atoms with van der Waals surface area (Å²) in [6.45, 7) is 1.79. The van der Waals surface area contributed by atoms with Crippen LogP contribution in [0.1, 0.15) is 35.3 Å². The number of amides is 3. The lowest BCUT2D eigenvalue weighted by Crippen LogP contribution is -2.46. The molecule has 1 aliphatic heterocycles. The van der Waals surface area contributed by atoms with Gasteiger partial charge in [0.15, 0.2) is 0 Å². The average molecular weight is 443 g/mol.